The van der Waals surface area contributed by atoms with Gasteiger partial charge in [-0.25, -0.2) is 9.18 Å². The number of benzene rings is 1. The number of hydrogen-bond donors (Lipinski definition) is 2. The molecule has 2 N–H and O–H groups in total. The van der Waals surface area contributed by atoms with Crippen molar-refractivity contribution in [2.75, 3.05) is 46.6 Å². The highest BCUT2D eigenvalue weighted by Crippen LogP contribution is 2.22. The van der Waals surface area contributed by atoms with Gasteiger partial charge in [0.25, 0.3) is 0 Å². The van der Waals surface area contributed by atoms with Gasteiger partial charge in [0.15, 0.2) is 11.6 Å². The summed E-state index contributed by atoms with van der Waals surface area (Å²) < 4.78 is 29.0. The van der Waals surface area contributed by atoms with Crippen LogP contribution in [0.2, 0.25) is 0 Å². The minimum Gasteiger partial charge on any atom is -0.494 e. The summed E-state index contributed by atoms with van der Waals surface area (Å²) in [6.07, 6.45) is 1.43. The number of nitrogens with zero attached hydrogens (tertiary/aromatic N) is 1. The normalized spacial score (nSPS) is 15.4. The predicted molar refractivity (Wildman–Crippen MR) is 94.1 cm³/mol. The molecule has 0 unspecified atom stereocenters. The number of halogens is 1. The molecule has 2 amide bonds. The van der Waals surface area contributed by atoms with E-state index in [-0.39, 0.29) is 18.4 Å². The first-order valence-corrected chi connectivity index (χ1v) is 8.85. The van der Waals surface area contributed by atoms with E-state index in [4.69, 9.17) is 14.2 Å². The number of unbranched alkanes of at least 4 members (excludes halogenated alkanes) is 1. The molecule has 0 saturated carbocycles. The van der Waals surface area contributed by atoms with Gasteiger partial charge < -0.3 is 29.5 Å². The minimum absolute atomic E-state index is 0.0706. The maximum atomic E-state index is 13.5. The van der Waals surface area contributed by atoms with E-state index in [0.717, 1.165) is 12.8 Å². The van der Waals surface area contributed by atoms with Crippen LogP contribution in [0.3, 0.4) is 0 Å². The molecule has 0 spiro atoms. The second kappa shape index (κ2) is 10.8. The number of nitrogens with one attached hydrogen (secondary N) is 1. The molecule has 1 heterocycles. The van der Waals surface area contributed by atoms with E-state index in [1.165, 1.54) is 19.2 Å². The molecule has 1 aromatic rings. The van der Waals surface area contributed by atoms with Crippen molar-refractivity contribution in [1.82, 2.24) is 10.2 Å². The highest BCUT2D eigenvalue weighted by atomic mass is 19.1. The Labute approximate surface area is 153 Å². The van der Waals surface area contributed by atoms with Crippen molar-refractivity contribution in [2.24, 2.45) is 0 Å². The van der Waals surface area contributed by atoms with Gasteiger partial charge in [-0.3, -0.25) is 0 Å². The molecule has 1 aromatic carbocycles. The fourth-order valence-corrected chi connectivity index (χ4v) is 2.59. The van der Waals surface area contributed by atoms with Crippen molar-refractivity contribution in [1.29, 1.82) is 0 Å². The van der Waals surface area contributed by atoms with Crippen LogP contribution in [0.1, 0.15) is 19.3 Å². The van der Waals surface area contributed by atoms with Crippen LogP contribution >= 0.6 is 0 Å². The average Bonchev–Trinajstić information content (AvgIpc) is 2.66. The molecule has 7 nitrogen and oxygen atoms in total. The van der Waals surface area contributed by atoms with E-state index >= 15 is 0 Å². The molecule has 146 valence electrons. The smallest absolute Gasteiger partial charge is 0.317 e. The van der Waals surface area contributed by atoms with Crippen LogP contribution in [0.5, 0.6) is 11.5 Å². The Hall–Kier alpha value is -2.06. The van der Waals surface area contributed by atoms with Gasteiger partial charge in [0.05, 0.1) is 26.4 Å². The fourth-order valence-electron chi connectivity index (χ4n) is 2.59. The summed E-state index contributed by atoms with van der Waals surface area (Å²) in [6.45, 7) is 3.05. The zero-order valence-corrected chi connectivity index (χ0v) is 15.1. The second-order valence-corrected chi connectivity index (χ2v) is 6.09. The van der Waals surface area contributed by atoms with Crippen molar-refractivity contribution in [3.63, 3.8) is 0 Å². The lowest BCUT2D eigenvalue weighted by atomic mass is 10.1. The summed E-state index contributed by atoms with van der Waals surface area (Å²) >= 11 is 0. The zero-order valence-electron chi connectivity index (χ0n) is 15.1. The number of ether oxygens (including phenoxy) is 3. The first-order valence-electron chi connectivity index (χ1n) is 8.85. The van der Waals surface area contributed by atoms with Crippen molar-refractivity contribution < 1.29 is 28.5 Å². The van der Waals surface area contributed by atoms with Gasteiger partial charge in [-0.2, -0.15) is 0 Å². The van der Waals surface area contributed by atoms with E-state index in [1.54, 1.807) is 11.0 Å². The molecule has 1 atom stereocenters. The Kier molecular flexibility index (Phi) is 8.43. The van der Waals surface area contributed by atoms with Gasteiger partial charge in [-0.15, -0.1) is 0 Å². The number of hydrogen-bond acceptors (Lipinski definition) is 5. The summed E-state index contributed by atoms with van der Waals surface area (Å²) in [6, 6.07) is 4.23. The number of aliphatic hydroxyl groups excluding tert-OH is 1. The lowest BCUT2D eigenvalue weighted by Crippen LogP contribution is -2.46. The standard InChI is InChI=1S/C18H27FN2O5/c1-24-17-6-5-15(12-16(17)19)26-13-14(22)4-2-3-7-20-18(23)21-8-10-25-11-9-21/h5-6,12,14,22H,2-4,7-11,13H2,1H3,(H,20,23)/t14-/m0/s1. The monoisotopic (exact) mass is 370 g/mol. The zero-order chi connectivity index (χ0) is 18.8. The summed E-state index contributed by atoms with van der Waals surface area (Å²) in [5.41, 5.74) is 0. The van der Waals surface area contributed by atoms with Crippen molar-refractivity contribution in [3.8, 4) is 11.5 Å². The molecule has 2 rings (SSSR count). The molecule has 0 bridgehead atoms. The van der Waals surface area contributed by atoms with Crippen molar-refractivity contribution >= 4 is 6.03 Å². The van der Waals surface area contributed by atoms with Crippen LogP contribution in [0.4, 0.5) is 9.18 Å². The Balaban J connectivity index is 1.55. The van der Waals surface area contributed by atoms with Gasteiger partial charge in [0.1, 0.15) is 12.4 Å². The van der Waals surface area contributed by atoms with E-state index in [2.05, 4.69) is 5.32 Å². The quantitative estimate of drug-likeness (QED) is 0.648. The van der Waals surface area contributed by atoms with Crippen LogP contribution in [0.25, 0.3) is 0 Å². The Morgan fingerprint density at radius 2 is 2.15 bits per heavy atom. The third-order valence-corrected chi connectivity index (χ3v) is 4.10. The van der Waals surface area contributed by atoms with E-state index in [0.29, 0.717) is 45.0 Å². The number of methoxy groups -OCH3 is 1. The molecule has 8 heteroatoms. The van der Waals surface area contributed by atoms with Gasteiger partial charge in [0, 0.05) is 25.7 Å². The maximum absolute atomic E-state index is 13.5. The molecular formula is C18H27FN2O5. The SMILES string of the molecule is COc1ccc(OC[C@@H](O)CCCCNC(=O)N2CCOCC2)cc1F. The minimum atomic E-state index is -0.643. The van der Waals surface area contributed by atoms with Crippen LogP contribution in [-0.2, 0) is 4.74 Å². The number of carbonyl (C=O) groups excluding carboxylic acids is 1. The summed E-state index contributed by atoms with van der Waals surface area (Å²) in [4.78, 5) is 13.6. The molecule has 1 aliphatic rings. The van der Waals surface area contributed by atoms with Crippen LogP contribution < -0.4 is 14.8 Å². The molecule has 1 fully saturated rings. The third kappa shape index (κ3) is 6.68. The summed E-state index contributed by atoms with van der Waals surface area (Å²) in [5.74, 6) is -0.00681. The van der Waals surface area contributed by atoms with Crippen molar-refractivity contribution in [3.05, 3.63) is 24.0 Å². The third-order valence-electron chi connectivity index (χ3n) is 4.10. The molecule has 0 radical (unpaired) electrons. The average molecular weight is 370 g/mol. The number of morpholine rings is 1. The first-order chi connectivity index (χ1) is 12.6. The number of aliphatic hydroxyl groups is 1. The van der Waals surface area contributed by atoms with E-state index < -0.39 is 11.9 Å². The van der Waals surface area contributed by atoms with Crippen molar-refractivity contribution in [2.45, 2.75) is 25.4 Å². The number of amides is 2. The van der Waals surface area contributed by atoms with Gasteiger partial charge in [-0.05, 0) is 31.4 Å². The maximum Gasteiger partial charge on any atom is 0.317 e. The van der Waals surface area contributed by atoms with Gasteiger partial charge in [-0.1, -0.05) is 0 Å². The van der Waals surface area contributed by atoms with E-state index in [1.807, 2.05) is 0 Å². The molecule has 0 aromatic heterocycles. The highest BCUT2D eigenvalue weighted by molar-refractivity contribution is 5.74. The Bertz CT molecular complexity index is 567. The predicted octanol–water partition coefficient (Wildman–Crippen LogP) is 1.79. The Morgan fingerprint density at radius 1 is 1.38 bits per heavy atom. The van der Waals surface area contributed by atoms with Crippen LogP contribution in [-0.4, -0.2) is 68.7 Å². The Morgan fingerprint density at radius 3 is 2.85 bits per heavy atom. The first kappa shape index (κ1) is 20.3. The van der Waals surface area contributed by atoms with E-state index in [9.17, 15) is 14.3 Å². The molecule has 26 heavy (non-hydrogen) atoms. The number of rotatable bonds is 9. The largest absolute Gasteiger partial charge is 0.494 e. The lowest BCUT2D eigenvalue weighted by Gasteiger charge is -2.26. The second-order valence-electron chi connectivity index (χ2n) is 6.09. The fraction of sp³-hybridized carbons (Fsp3) is 0.611. The highest BCUT2D eigenvalue weighted by Gasteiger charge is 2.15. The number of urea groups is 1. The molecule has 1 saturated heterocycles. The summed E-state index contributed by atoms with van der Waals surface area (Å²) in [5, 5.41) is 12.8. The number of carbonyl (C=O) groups is 1. The lowest BCUT2D eigenvalue weighted by molar-refractivity contribution is 0.0532. The van der Waals surface area contributed by atoms with Gasteiger partial charge in [0.2, 0.25) is 0 Å². The summed E-state index contributed by atoms with van der Waals surface area (Å²) in [7, 11) is 1.39. The van der Waals surface area contributed by atoms with Gasteiger partial charge >= 0.3 is 6.03 Å². The molecule has 0 aliphatic carbocycles. The molecular weight excluding hydrogens is 343 g/mol. The topological polar surface area (TPSA) is 80.3 Å². The van der Waals surface area contributed by atoms with Crippen LogP contribution in [0.15, 0.2) is 18.2 Å². The molecule has 1 aliphatic heterocycles. The van der Waals surface area contributed by atoms with Crippen LogP contribution in [0, 0.1) is 5.82 Å².